The Hall–Kier alpha value is -2.17. The van der Waals surface area contributed by atoms with Crippen LogP contribution in [0.4, 0.5) is 10.3 Å². The molecule has 4 nitrogen and oxygen atoms in total. The van der Waals surface area contributed by atoms with Gasteiger partial charge in [-0.15, -0.1) is 0 Å². The number of benzene rings is 1. The second-order valence-electron chi connectivity index (χ2n) is 3.93. The number of hydrogen-bond acceptors (Lipinski definition) is 4. The van der Waals surface area contributed by atoms with Crippen LogP contribution >= 0.6 is 0 Å². The van der Waals surface area contributed by atoms with E-state index in [1.165, 1.54) is 6.07 Å². The molecule has 2 aromatic rings. The highest BCUT2D eigenvalue weighted by atomic mass is 19.1. The molecule has 0 radical (unpaired) electrons. The number of aromatic nitrogens is 2. The van der Waals surface area contributed by atoms with Crippen molar-refractivity contribution in [3.8, 4) is 11.6 Å². The van der Waals surface area contributed by atoms with Gasteiger partial charge < -0.3 is 10.1 Å². The maximum Gasteiger partial charge on any atom is 0.225 e. The Morgan fingerprint density at radius 2 is 1.94 bits per heavy atom. The molecular formula is C13H14FN3O. The molecule has 0 saturated heterocycles. The molecular weight excluding hydrogens is 233 g/mol. The van der Waals surface area contributed by atoms with E-state index in [2.05, 4.69) is 15.3 Å². The highest BCUT2D eigenvalue weighted by molar-refractivity contribution is 5.34. The predicted octanol–water partition coefficient (Wildman–Crippen LogP) is 3.07. The summed E-state index contributed by atoms with van der Waals surface area (Å²) in [7, 11) is 1.73. The first-order chi connectivity index (χ1) is 8.58. The minimum absolute atomic E-state index is 0.299. The highest BCUT2D eigenvalue weighted by Gasteiger charge is 2.05. The lowest BCUT2D eigenvalue weighted by Gasteiger charge is -2.08. The molecule has 0 aliphatic heterocycles. The van der Waals surface area contributed by atoms with Gasteiger partial charge in [-0.3, -0.25) is 0 Å². The van der Waals surface area contributed by atoms with Gasteiger partial charge in [-0.25, -0.2) is 9.37 Å². The van der Waals surface area contributed by atoms with E-state index in [-0.39, 0.29) is 5.82 Å². The first-order valence-electron chi connectivity index (χ1n) is 5.56. The van der Waals surface area contributed by atoms with Gasteiger partial charge >= 0.3 is 0 Å². The lowest BCUT2D eigenvalue weighted by atomic mass is 10.2. The molecule has 1 heterocycles. The fraction of sp³-hybridized carbons (Fsp3) is 0.231. The summed E-state index contributed by atoms with van der Waals surface area (Å²) in [5, 5.41) is 2.84. The first-order valence-corrected chi connectivity index (χ1v) is 5.56. The summed E-state index contributed by atoms with van der Waals surface area (Å²) in [6, 6.07) is 6.40. The molecule has 94 valence electrons. The van der Waals surface area contributed by atoms with Crippen molar-refractivity contribution < 1.29 is 9.13 Å². The van der Waals surface area contributed by atoms with E-state index in [1.807, 2.05) is 6.92 Å². The van der Waals surface area contributed by atoms with Crippen LogP contribution in [-0.4, -0.2) is 17.0 Å². The largest absolute Gasteiger partial charge is 0.439 e. The van der Waals surface area contributed by atoms with Crippen LogP contribution in [0.2, 0.25) is 0 Å². The second kappa shape index (κ2) is 5.00. The van der Waals surface area contributed by atoms with Gasteiger partial charge in [0.25, 0.3) is 0 Å². The van der Waals surface area contributed by atoms with E-state index in [9.17, 15) is 4.39 Å². The Morgan fingerprint density at radius 1 is 1.17 bits per heavy atom. The fourth-order valence-electron chi connectivity index (χ4n) is 1.46. The van der Waals surface area contributed by atoms with Gasteiger partial charge in [0.15, 0.2) is 0 Å². The third-order valence-electron chi connectivity index (χ3n) is 2.42. The minimum Gasteiger partial charge on any atom is -0.439 e. The Balaban J connectivity index is 2.27. The summed E-state index contributed by atoms with van der Waals surface area (Å²) in [6.45, 7) is 3.54. The molecule has 0 unspecified atom stereocenters. The molecule has 0 aliphatic rings. The smallest absolute Gasteiger partial charge is 0.225 e. The predicted molar refractivity (Wildman–Crippen MR) is 67.5 cm³/mol. The molecule has 0 amide bonds. The molecule has 1 aromatic carbocycles. The van der Waals surface area contributed by atoms with E-state index >= 15 is 0 Å². The van der Waals surface area contributed by atoms with E-state index < -0.39 is 0 Å². The van der Waals surface area contributed by atoms with Gasteiger partial charge in [-0.05, 0) is 25.5 Å². The molecule has 0 aliphatic carbocycles. The zero-order chi connectivity index (χ0) is 13.1. The van der Waals surface area contributed by atoms with Crippen molar-refractivity contribution in [3.63, 3.8) is 0 Å². The lowest BCUT2D eigenvalue weighted by molar-refractivity contribution is 0.456. The van der Waals surface area contributed by atoms with Gasteiger partial charge in [0, 0.05) is 24.9 Å². The summed E-state index contributed by atoms with van der Waals surface area (Å²) in [4.78, 5) is 8.28. The van der Waals surface area contributed by atoms with Crippen LogP contribution in [0.1, 0.15) is 11.3 Å². The van der Waals surface area contributed by atoms with Gasteiger partial charge in [-0.2, -0.15) is 4.98 Å². The SMILES string of the molecule is CNc1nc(C)cc(Oc2ccc(C)c(F)c2)n1. The summed E-state index contributed by atoms with van der Waals surface area (Å²) in [6.07, 6.45) is 0. The molecule has 0 spiro atoms. The van der Waals surface area contributed by atoms with Crippen molar-refractivity contribution in [1.82, 2.24) is 9.97 Å². The Kier molecular flexibility index (Phi) is 3.41. The van der Waals surface area contributed by atoms with Gasteiger partial charge in [0.1, 0.15) is 11.6 Å². The molecule has 0 bridgehead atoms. The molecule has 0 atom stereocenters. The highest BCUT2D eigenvalue weighted by Crippen LogP contribution is 2.22. The molecule has 0 fully saturated rings. The Bertz CT molecular complexity index is 572. The summed E-state index contributed by atoms with van der Waals surface area (Å²) >= 11 is 0. The van der Waals surface area contributed by atoms with Crippen LogP contribution in [0.15, 0.2) is 24.3 Å². The molecule has 18 heavy (non-hydrogen) atoms. The first kappa shape index (κ1) is 12.3. The lowest BCUT2D eigenvalue weighted by Crippen LogP contribution is -1.99. The van der Waals surface area contributed by atoms with E-state index in [4.69, 9.17) is 4.74 Å². The van der Waals surface area contributed by atoms with Gasteiger partial charge in [-0.1, -0.05) is 6.07 Å². The quantitative estimate of drug-likeness (QED) is 0.905. The molecule has 1 N–H and O–H groups in total. The zero-order valence-corrected chi connectivity index (χ0v) is 10.5. The number of ether oxygens (including phenoxy) is 1. The van der Waals surface area contributed by atoms with Crippen molar-refractivity contribution >= 4 is 5.95 Å². The van der Waals surface area contributed by atoms with Crippen molar-refractivity contribution in [2.24, 2.45) is 0 Å². The second-order valence-corrected chi connectivity index (χ2v) is 3.93. The number of anilines is 1. The third-order valence-corrected chi connectivity index (χ3v) is 2.42. The number of hydrogen-bond donors (Lipinski definition) is 1. The topological polar surface area (TPSA) is 47.0 Å². The van der Waals surface area contributed by atoms with E-state index in [0.29, 0.717) is 23.1 Å². The number of rotatable bonds is 3. The minimum atomic E-state index is -0.299. The molecule has 0 saturated carbocycles. The number of halogens is 1. The zero-order valence-electron chi connectivity index (χ0n) is 10.5. The number of nitrogens with one attached hydrogen (secondary N) is 1. The van der Waals surface area contributed by atoms with Crippen LogP contribution in [0, 0.1) is 19.7 Å². The van der Waals surface area contributed by atoms with Crippen LogP contribution in [0.5, 0.6) is 11.6 Å². The average molecular weight is 247 g/mol. The standard InChI is InChI=1S/C13H14FN3O/c1-8-4-5-10(7-11(8)14)18-12-6-9(2)16-13(15-3)17-12/h4-7H,1-3H3,(H,15,16,17). The van der Waals surface area contributed by atoms with E-state index in [1.54, 1.807) is 32.2 Å². The van der Waals surface area contributed by atoms with Crippen molar-refractivity contribution in [3.05, 3.63) is 41.3 Å². The van der Waals surface area contributed by atoms with E-state index in [0.717, 1.165) is 5.69 Å². The Labute approximate surface area is 105 Å². The van der Waals surface area contributed by atoms with Gasteiger partial charge in [0.2, 0.25) is 11.8 Å². The van der Waals surface area contributed by atoms with Crippen molar-refractivity contribution in [2.75, 3.05) is 12.4 Å². The number of nitrogens with zero attached hydrogens (tertiary/aromatic N) is 2. The van der Waals surface area contributed by atoms with Crippen LogP contribution in [-0.2, 0) is 0 Å². The number of aryl methyl sites for hydroxylation is 2. The normalized spacial score (nSPS) is 10.2. The fourth-order valence-corrected chi connectivity index (χ4v) is 1.46. The maximum absolute atomic E-state index is 13.4. The summed E-state index contributed by atoms with van der Waals surface area (Å²) in [5.74, 6) is 0.970. The monoisotopic (exact) mass is 247 g/mol. The van der Waals surface area contributed by atoms with Gasteiger partial charge in [0.05, 0.1) is 0 Å². The average Bonchev–Trinajstić information content (AvgIpc) is 2.33. The maximum atomic E-state index is 13.4. The van der Waals surface area contributed by atoms with Crippen molar-refractivity contribution in [1.29, 1.82) is 0 Å². The molecule has 2 rings (SSSR count). The summed E-state index contributed by atoms with van der Waals surface area (Å²) < 4.78 is 18.9. The van der Waals surface area contributed by atoms with Crippen LogP contribution in [0.25, 0.3) is 0 Å². The Morgan fingerprint density at radius 3 is 2.61 bits per heavy atom. The van der Waals surface area contributed by atoms with Crippen LogP contribution < -0.4 is 10.1 Å². The molecule has 5 heteroatoms. The third kappa shape index (κ3) is 2.74. The molecule has 1 aromatic heterocycles. The summed E-state index contributed by atoms with van der Waals surface area (Å²) in [5.41, 5.74) is 1.36. The van der Waals surface area contributed by atoms with Crippen molar-refractivity contribution in [2.45, 2.75) is 13.8 Å². The van der Waals surface area contributed by atoms with Crippen LogP contribution in [0.3, 0.4) is 0 Å².